The average molecular weight is 302 g/mol. The van der Waals surface area contributed by atoms with E-state index < -0.39 is 11.5 Å². The van der Waals surface area contributed by atoms with Crippen molar-refractivity contribution in [1.29, 1.82) is 0 Å². The van der Waals surface area contributed by atoms with E-state index in [4.69, 9.17) is 10.5 Å². The van der Waals surface area contributed by atoms with Crippen LogP contribution in [0.4, 0.5) is 0 Å². The van der Waals surface area contributed by atoms with Gasteiger partial charge in [-0.2, -0.15) is 0 Å². The minimum absolute atomic E-state index is 0.110. The van der Waals surface area contributed by atoms with Gasteiger partial charge in [-0.1, -0.05) is 15.9 Å². The molecular weight excluding hydrogens is 286 g/mol. The molecule has 0 radical (unpaired) electrons. The summed E-state index contributed by atoms with van der Waals surface area (Å²) in [6.07, 6.45) is 0. The fourth-order valence-corrected chi connectivity index (χ4v) is 2.04. The van der Waals surface area contributed by atoms with Crippen molar-refractivity contribution in [3.05, 3.63) is 28.2 Å². The zero-order chi connectivity index (χ0) is 13.2. The van der Waals surface area contributed by atoms with Crippen LogP contribution in [0.2, 0.25) is 0 Å². The summed E-state index contributed by atoms with van der Waals surface area (Å²) in [5.74, 6) is -0.278. The third-order valence-corrected chi connectivity index (χ3v) is 3.53. The molecule has 0 heterocycles. The Labute approximate surface area is 109 Å². The van der Waals surface area contributed by atoms with Gasteiger partial charge in [-0.05, 0) is 37.6 Å². The molecule has 0 unspecified atom stereocenters. The van der Waals surface area contributed by atoms with Crippen molar-refractivity contribution in [1.82, 2.24) is 0 Å². The fourth-order valence-electron chi connectivity index (χ4n) is 1.55. The minimum Gasteiger partial charge on any atom is -0.508 e. The number of rotatable bonds is 3. The van der Waals surface area contributed by atoms with E-state index in [-0.39, 0.29) is 11.7 Å². The molecule has 0 aliphatic heterocycles. The molecule has 1 atom stereocenters. The summed E-state index contributed by atoms with van der Waals surface area (Å²) in [6, 6.07) is 4.21. The number of nitrogens with two attached hydrogens (primary N) is 1. The van der Waals surface area contributed by atoms with Crippen LogP contribution in [-0.2, 0) is 9.53 Å². The molecular formula is C12H16BrNO3. The molecule has 0 aliphatic rings. The van der Waals surface area contributed by atoms with E-state index >= 15 is 0 Å². The molecule has 1 rings (SSSR count). The van der Waals surface area contributed by atoms with Gasteiger partial charge in [0.25, 0.3) is 0 Å². The smallest absolute Gasteiger partial charge is 0.313 e. The number of halogens is 1. The second-order valence-electron chi connectivity index (χ2n) is 4.40. The minimum atomic E-state index is -0.870. The summed E-state index contributed by atoms with van der Waals surface area (Å²) in [4.78, 5) is 11.7. The van der Waals surface area contributed by atoms with Gasteiger partial charge in [-0.25, -0.2) is 0 Å². The van der Waals surface area contributed by atoms with Crippen LogP contribution in [0, 0.1) is 5.41 Å². The molecule has 0 aromatic heterocycles. The molecule has 0 aliphatic carbocycles. The zero-order valence-corrected chi connectivity index (χ0v) is 11.6. The van der Waals surface area contributed by atoms with Crippen LogP contribution in [-0.4, -0.2) is 18.2 Å². The summed E-state index contributed by atoms with van der Waals surface area (Å²) >= 11 is 3.35. The number of phenols is 1. The maximum Gasteiger partial charge on any atom is 0.313 e. The monoisotopic (exact) mass is 301 g/mol. The van der Waals surface area contributed by atoms with Gasteiger partial charge in [0.05, 0.1) is 12.5 Å². The standard InChI is InChI=1S/C12H16BrNO3/c1-12(2,11(16)17-3)10(14)8-6-7(15)4-5-9(8)13/h4-6,10,15H,14H2,1-3H3/t10-/m0/s1. The van der Waals surface area contributed by atoms with Crippen molar-refractivity contribution >= 4 is 21.9 Å². The third-order valence-electron chi connectivity index (χ3n) is 2.80. The number of carbonyl (C=O) groups is 1. The molecule has 17 heavy (non-hydrogen) atoms. The highest BCUT2D eigenvalue weighted by Gasteiger charge is 2.37. The van der Waals surface area contributed by atoms with Crippen LogP contribution in [0.25, 0.3) is 0 Å². The Bertz CT molecular complexity index is 432. The van der Waals surface area contributed by atoms with Crippen molar-refractivity contribution in [3.63, 3.8) is 0 Å². The van der Waals surface area contributed by atoms with E-state index in [0.717, 1.165) is 4.47 Å². The quantitative estimate of drug-likeness (QED) is 0.841. The van der Waals surface area contributed by atoms with Crippen LogP contribution >= 0.6 is 15.9 Å². The Hall–Kier alpha value is -1.07. The molecule has 0 bridgehead atoms. The number of hydrogen-bond acceptors (Lipinski definition) is 4. The number of benzene rings is 1. The third kappa shape index (κ3) is 2.79. The van der Waals surface area contributed by atoms with Gasteiger partial charge in [0, 0.05) is 10.5 Å². The lowest BCUT2D eigenvalue weighted by Gasteiger charge is -2.29. The van der Waals surface area contributed by atoms with Crippen LogP contribution in [0.15, 0.2) is 22.7 Å². The van der Waals surface area contributed by atoms with E-state index in [1.54, 1.807) is 32.0 Å². The summed E-state index contributed by atoms with van der Waals surface area (Å²) in [7, 11) is 1.33. The largest absolute Gasteiger partial charge is 0.508 e. The van der Waals surface area contributed by atoms with E-state index in [1.807, 2.05) is 0 Å². The van der Waals surface area contributed by atoms with E-state index in [1.165, 1.54) is 7.11 Å². The van der Waals surface area contributed by atoms with Crippen LogP contribution in [0.5, 0.6) is 5.75 Å². The molecule has 4 nitrogen and oxygen atoms in total. The predicted molar refractivity (Wildman–Crippen MR) is 68.5 cm³/mol. The topological polar surface area (TPSA) is 72.5 Å². The summed E-state index contributed by atoms with van der Waals surface area (Å²) in [6.45, 7) is 3.42. The normalized spacial score (nSPS) is 13.2. The van der Waals surface area contributed by atoms with Gasteiger partial charge in [-0.3, -0.25) is 4.79 Å². The first-order valence-electron chi connectivity index (χ1n) is 5.13. The van der Waals surface area contributed by atoms with E-state index in [2.05, 4.69) is 15.9 Å². The molecule has 1 aromatic carbocycles. The Morgan fingerprint density at radius 1 is 1.53 bits per heavy atom. The average Bonchev–Trinajstić information content (AvgIpc) is 2.30. The number of aromatic hydroxyl groups is 1. The number of ether oxygens (including phenoxy) is 1. The summed E-state index contributed by atoms with van der Waals surface area (Å²) in [5, 5.41) is 9.46. The highest BCUT2D eigenvalue weighted by Crippen LogP contribution is 2.37. The highest BCUT2D eigenvalue weighted by molar-refractivity contribution is 9.10. The predicted octanol–water partition coefficient (Wildman–Crippen LogP) is 2.35. The van der Waals surface area contributed by atoms with Crippen LogP contribution in [0.1, 0.15) is 25.5 Å². The van der Waals surface area contributed by atoms with E-state index in [9.17, 15) is 9.90 Å². The lowest BCUT2D eigenvalue weighted by Crippen LogP contribution is -2.37. The van der Waals surface area contributed by atoms with Gasteiger partial charge in [0.15, 0.2) is 0 Å². The van der Waals surface area contributed by atoms with Crippen LogP contribution < -0.4 is 5.73 Å². The highest BCUT2D eigenvalue weighted by atomic mass is 79.9. The van der Waals surface area contributed by atoms with Gasteiger partial charge >= 0.3 is 5.97 Å². The molecule has 0 amide bonds. The Kier molecular flexibility index (Phi) is 4.16. The zero-order valence-electron chi connectivity index (χ0n) is 10.0. The van der Waals surface area contributed by atoms with Crippen molar-refractivity contribution in [3.8, 4) is 5.75 Å². The van der Waals surface area contributed by atoms with Gasteiger partial charge < -0.3 is 15.6 Å². The molecule has 0 saturated carbocycles. The number of methoxy groups -OCH3 is 1. The summed E-state index contributed by atoms with van der Waals surface area (Å²) < 4.78 is 5.48. The Morgan fingerprint density at radius 3 is 2.65 bits per heavy atom. The van der Waals surface area contributed by atoms with Gasteiger partial charge in [0.1, 0.15) is 5.75 Å². The molecule has 1 aromatic rings. The van der Waals surface area contributed by atoms with Crippen LogP contribution in [0.3, 0.4) is 0 Å². The number of hydrogen-bond donors (Lipinski definition) is 2. The first kappa shape index (κ1) is 14.0. The second-order valence-corrected chi connectivity index (χ2v) is 5.25. The molecule has 0 spiro atoms. The molecule has 94 valence electrons. The van der Waals surface area contributed by atoms with Gasteiger partial charge in [-0.15, -0.1) is 0 Å². The van der Waals surface area contributed by atoms with Crippen molar-refractivity contribution in [2.75, 3.05) is 7.11 Å². The molecule has 5 heteroatoms. The first-order valence-corrected chi connectivity index (χ1v) is 5.92. The summed E-state index contributed by atoms with van der Waals surface area (Å²) in [5.41, 5.74) is 5.87. The number of phenolic OH excluding ortho intramolecular Hbond substituents is 1. The van der Waals surface area contributed by atoms with E-state index in [0.29, 0.717) is 5.56 Å². The van der Waals surface area contributed by atoms with Crippen molar-refractivity contribution < 1.29 is 14.6 Å². The number of carbonyl (C=O) groups excluding carboxylic acids is 1. The Morgan fingerprint density at radius 2 is 2.12 bits per heavy atom. The first-order chi connectivity index (χ1) is 7.80. The SMILES string of the molecule is COC(=O)C(C)(C)[C@@H](N)c1cc(O)ccc1Br. The molecule has 0 fully saturated rings. The van der Waals surface area contributed by atoms with Gasteiger partial charge in [0.2, 0.25) is 0 Å². The maximum atomic E-state index is 11.7. The maximum absolute atomic E-state index is 11.7. The molecule has 0 saturated heterocycles. The number of esters is 1. The Balaban J connectivity index is 3.15. The van der Waals surface area contributed by atoms with Crippen molar-refractivity contribution in [2.24, 2.45) is 11.1 Å². The lowest BCUT2D eigenvalue weighted by molar-refractivity contribution is -0.152. The van der Waals surface area contributed by atoms with Crippen molar-refractivity contribution in [2.45, 2.75) is 19.9 Å². The molecule has 3 N–H and O–H groups in total. The lowest BCUT2D eigenvalue weighted by atomic mass is 9.81. The fraction of sp³-hybridized carbons (Fsp3) is 0.417. The second kappa shape index (κ2) is 5.06.